The van der Waals surface area contributed by atoms with Crippen LogP contribution in [0.15, 0.2) is 12.7 Å². The Morgan fingerprint density at radius 3 is 3.00 bits per heavy atom. The van der Waals surface area contributed by atoms with Gasteiger partial charge in [0.25, 0.3) is 0 Å². The van der Waals surface area contributed by atoms with Gasteiger partial charge in [-0.1, -0.05) is 13.0 Å². The molecule has 0 radical (unpaired) electrons. The van der Waals surface area contributed by atoms with Gasteiger partial charge in [0.2, 0.25) is 0 Å². The van der Waals surface area contributed by atoms with Crippen molar-refractivity contribution in [2.75, 3.05) is 13.1 Å². The molecule has 1 heterocycles. The lowest BCUT2D eigenvalue weighted by Gasteiger charge is -2.20. The van der Waals surface area contributed by atoms with E-state index < -0.39 is 5.97 Å². The fourth-order valence-corrected chi connectivity index (χ4v) is 1.80. The molecule has 0 amide bonds. The number of carboxylic acid groups (broad SMARTS) is 1. The highest BCUT2D eigenvalue weighted by Crippen LogP contribution is 2.23. The van der Waals surface area contributed by atoms with E-state index in [0.717, 1.165) is 13.0 Å². The van der Waals surface area contributed by atoms with E-state index in [-0.39, 0.29) is 12.0 Å². The Morgan fingerprint density at radius 1 is 1.83 bits per heavy atom. The van der Waals surface area contributed by atoms with Gasteiger partial charge in [0, 0.05) is 6.54 Å². The van der Waals surface area contributed by atoms with Crippen LogP contribution >= 0.6 is 0 Å². The van der Waals surface area contributed by atoms with Gasteiger partial charge in [-0.05, 0) is 18.9 Å². The molecule has 1 rings (SSSR count). The average molecular weight is 169 g/mol. The number of nitrogens with zero attached hydrogens (tertiary/aromatic N) is 1. The summed E-state index contributed by atoms with van der Waals surface area (Å²) < 4.78 is 0. The quantitative estimate of drug-likeness (QED) is 0.640. The number of aliphatic carboxylic acids is 1. The minimum Gasteiger partial charge on any atom is -0.480 e. The number of carbonyl (C=O) groups is 1. The highest BCUT2D eigenvalue weighted by atomic mass is 16.4. The van der Waals surface area contributed by atoms with Crippen molar-refractivity contribution in [2.45, 2.75) is 19.4 Å². The first kappa shape index (κ1) is 9.26. The average Bonchev–Trinajstić information content (AvgIpc) is 2.32. The van der Waals surface area contributed by atoms with Crippen molar-refractivity contribution >= 4 is 5.97 Å². The van der Waals surface area contributed by atoms with Crippen LogP contribution in [0.1, 0.15) is 13.3 Å². The second-order valence-corrected chi connectivity index (χ2v) is 3.33. The monoisotopic (exact) mass is 169 g/mol. The van der Waals surface area contributed by atoms with Gasteiger partial charge < -0.3 is 5.11 Å². The van der Waals surface area contributed by atoms with Crippen LogP contribution < -0.4 is 0 Å². The molecule has 3 nitrogen and oxygen atoms in total. The summed E-state index contributed by atoms with van der Waals surface area (Å²) in [6.07, 6.45) is 2.73. The molecule has 0 spiro atoms. The highest BCUT2D eigenvalue weighted by molar-refractivity contribution is 5.74. The van der Waals surface area contributed by atoms with Crippen LogP contribution in [0.3, 0.4) is 0 Å². The minimum absolute atomic E-state index is 0.266. The van der Waals surface area contributed by atoms with Crippen molar-refractivity contribution in [1.29, 1.82) is 0 Å². The highest BCUT2D eigenvalue weighted by Gasteiger charge is 2.35. The van der Waals surface area contributed by atoms with Crippen LogP contribution in [0, 0.1) is 5.92 Å². The lowest BCUT2D eigenvalue weighted by atomic mass is 10.0. The molecule has 0 aromatic carbocycles. The third-order valence-corrected chi connectivity index (χ3v) is 2.42. The van der Waals surface area contributed by atoms with Crippen molar-refractivity contribution in [1.82, 2.24) is 4.90 Å². The molecule has 2 unspecified atom stereocenters. The van der Waals surface area contributed by atoms with Crippen LogP contribution in [0.5, 0.6) is 0 Å². The van der Waals surface area contributed by atoms with Crippen LogP contribution in [-0.4, -0.2) is 35.1 Å². The molecular weight excluding hydrogens is 154 g/mol. The van der Waals surface area contributed by atoms with E-state index in [4.69, 9.17) is 5.11 Å². The molecule has 1 aliphatic heterocycles. The zero-order chi connectivity index (χ0) is 9.14. The molecular formula is C9H15NO2. The first-order chi connectivity index (χ1) is 5.66. The Morgan fingerprint density at radius 2 is 2.50 bits per heavy atom. The van der Waals surface area contributed by atoms with Crippen molar-refractivity contribution < 1.29 is 9.90 Å². The van der Waals surface area contributed by atoms with Crippen molar-refractivity contribution in [3.8, 4) is 0 Å². The molecule has 12 heavy (non-hydrogen) atoms. The van der Waals surface area contributed by atoms with Crippen molar-refractivity contribution in [3.63, 3.8) is 0 Å². The van der Waals surface area contributed by atoms with Crippen molar-refractivity contribution in [3.05, 3.63) is 12.7 Å². The normalized spacial score (nSPS) is 30.4. The minimum atomic E-state index is -0.707. The summed E-state index contributed by atoms with van der Waals surface area (Å²) in [7, 11) is 0. The number of likely N-dealkylation sites (tertiary alicyclic amines) is 1. The molecule has 2 atom stereocenters. The first-order valence-electron chi connectivity index (χ1n) is 4.24. The molecule has 68 valence electrons. The molecule has 1 aliphatic rings. The number of hydrogen-bond acceptors (Lipinski definition) is 2. The van der Waals surface area contributed by atoms with Gasteiger partial charge in [0.15, 0.2) is 0 Å². The topological polar surface area (TPSA) is 40.5 Å². The predicted molar refractivity (Wildman–Crippen MR) is 47.0 cm³/mol. The lowest BCUT2D eigenvalue weighted by molar-refractivity contribution is -0.143. The SMILES string of the molecule is C=CCN1CCC(C)C1C(=O)O. The molecule has 0 aliphatic carbocycles. The van der Waals surface area contributed by atoms with Crippen molar-refractivity contribution in [2.24, 2.45) is 5.92 Å². The van der Waals surface area contributed by atoms with Gasteiger partial charge in [-0.15, -0.1) is 6.58 Å². The smallest absolute Gasteiger partial charge is 0.321 e. The van der Waals surface area contributed by atoms with Gasteiger partial charge in [0.05, 0.1) is 0 Å². The Labute approximate surface area is 72.7 Å². The number of rotatable bonds is 3. The van der Waals surface area contributed by atoms with Gasteiger partial charge in [-0.25, -0.2) is 0 Å². The molecule has 0 aromatic heterocycles. The van der Waals surface area contributed by atoms with Gasteiger partial charge >= 0.3 is 5.97 Å². The first-order valence-corrected chi connectivity index (χ1v) is 4.24. The summed E-state index contributed by atoms with van der Waals surface area (Å²) in [6.45, 7) is 7.16. The van der Waals surface area contributed by atoms with Crippen LogP contribution in [0.2, 0.25) is 0 Å². The maximum atomic E-state index is 10.8. The van der Waals surface area contributed by atoms with E-state index in [0.29, 0.717) is 6.54 Å². The number of carboxylic acids is 1. The lowest BCUT2D eigenvalue weighted by Crippen LogP contribution is -2.38. The standard InChI is InChI=1S/C9H15NO2/c1-3-5-10-6-4-7(2)8(10)9(11)12/h3,7-8H,1,4-6H2,2H3,(H,11,12). The fourth-order valence-electron chi connectivity index (χ4n) is 1.80. The van der Waals surface area contributed by atoms with Crippen LogP contribution in [0.4, 0.5) is 0 Å². The summed E-state index contributed by atoms with van der Waals surface area (Å²) in [5, 5.41) is 8.90. The van der Waals surface area contributed by atoms with E-state index in [1.165, 1.54) is 0 Å². The molecule has 1 N–H and O–H groups in total. The Balaban J connectivity index is 2.63. The maximum Gasteiger partial charge on any atom is 0.321 e. The summed E-state index contributed by atoms with van der Waals surface area (Å²) in [5.41, 5.74) is 0. The summed E-state index contributed by atoms with van der Waals surface area (Å²) in [5.74, 6) is -0.440. The van der Waals surface area contributed by atoms with Gasteiger partial charge in [-0.3, -0.25) is 9.69 Å². The molecule has 3 heteroatoms. The Bertz CT molecular complexity index is 191. The van der Waals surface area contributed by atoms with Crippen LogP contribution in [-0.2, 0) is 4.79 Å². The summed E-state index contributed by atoms with van der Waals surface area (Å²) >= 11 is 0. The van der Waals surface area contributed by atoms with Crippen LogP contribution in [0.25, 0.3) is 0 Å². The van der Waals surface area contributed by atoms with E-state index >= 15 is 0 Å². The molecule has 0 bridgehead atoms. The van der Waals surface area contributed by atoms with Gasteiger partial charge in [-0.2, -0.15) is 0 Å². The van der Waals surface area contributed by atoms with E-state index in [1.54, 1.807) is 6.08 Å². The van der Waals surface area contributed by atoms with E-state index in [2.05, 4.69) is 6.58 Å². The molecule has 0 saturated carbocycles. The predicted octanol–water partition coefficient (Wildman–Crippen LogP) is 0.967. The largest absolute Gasteiger partial charge is 0.480 e. The zero-order valence-corrected chi connectivity index (χ0v) is 7.36. The molecule has 0 aromatic rings. The summed E-state index contributed by atoms with van der Waals surface area (Å²) in [4.78, 5) is 12.8. The third-order valence-electron chi connectivity index (χ3n) is 2.42. The second-order valence-electron chi connectivity index (χ2n) is 3.33. The Hall–Kier alpha value is -0.830. The van der Waals surface area contributed by atoms with Gasteiger partial charge in [0.1, 0.15) is 6.04 Å². The maximum absolute atomic E-state index is 10.8. The summed E-state index contributed by atoms with van der Waals surface area (Å²) in [6, 6.07) is -0.303. The second kappa shape index (κ2) is 3.72. The Kier molecular flexibility index (Phi) is 2.87. The zero-order valence-electron chi connectivity index (χ0n) is 7.36. The molecule has 1 saturated heterocycles. The van der Waals surface area contributed by atoms with E-state index in [1.807, 2.05) is 11.8 Å². The van der Waals surface area contributed by atoms with E-state index in [9.17, 15) is 4.79 Å². The molecule has 1 fully saturated rings. The third kappa shape index (κ3) is 1.67. The fraction of sp³-hybridized carbons (Fsp3) is 0.667. The number of hydrogen-bond donors (Lipinski definition) is 1.